The first-order valence-electron chi connectivity index (χ1n) is 12.3. The Kier molecular flexibility index (Phi) is 7.61. The number of hydrogen-bond donors (Lipinski definition) is 1. The zero-order valence-electron chi connectivity index (χ0n) is 21.1. The third-order valence-corrected chi connectivity index (χ3v) is 7.76. The number of piperidine rings is 2. The van der Waals surface area contributed by atoms with Gasteiger partial charge >= 0.3 is 0 Å². The van der Waals surface area contributed by atoms with Crippen molar-refractivity contribution in [3.8, 4) is 11.5 Å². The summed E-state index contributed by atoms with van der Waals surface area (Å²) in [4.78, 5) is 24.7. The van der Waals surface area contributed by atoms with Crippen molar-refractivity contribution >= 4 is 51.5 Å². The van der Waals surface area contributed by atoms with Crippen LogP contribution in [-0.4, -0.2) is 72.1 Å². The highest BCUT2D eigenvalue weighted by molar-refractivity contribution is 6.42. The number of hydrogen-bond acceptors (Lipinski definition) is 7. The standard InChI is InChI=1S/C27H28Cl2FN5O3/c1-4-23(36)35-12-15-9-16(13-35)26(15)38-22-10-17-20(11-21(22)37-8-7-34(2)3)31-14-32-27(17)33-19-6-5-18(28)24(29)25(19)30/h4-6,10-11,14-16,26H,1,7-9,12-13H2,2-3H3,(H,31,32,33)/t15-,16+,26+. The quantitative estimate of drug-likeness (QED) is 0.286. The molecule has 2 bridgehead atoms. The van der Waals surface area contributed by atoms with Crippen LogP contribution in [0, 0.1) is 17.7 Å². The molecule has 2 aromatic carbocycles. The number of carbonyl (C=O) groups is 1. The molecule has 3 atom stereocenters. The van der Waals surface area contributed by atoms with E-state index in [4.69, 9.17) is 32.7 Å². The Hall–Kier alpha value is -3.14. The summed E-state index contributed by atoms with van der Waals surface area (Å²) in [5, 5.41) is 3.59. The molecule has 200 valence electrons. The maximum absolute atomic E-state index is 14.8. The maximum Gasteiger partial charge on any atom is 0.245 e. The van der Waals surface area contributed by atoms with Crippen molar-refractivity contribution in [2.24, 2.45) is 11.8 Å². The number of ether oxygens (including phenoxy) is 2. The number of likely N-dealkylation sites (N-methyl/N-ethyl adjacent to an activating group) is 1. The first-order valence-corrected chi connectivity index (χ1v) is 13.1. The summed E-state index contributed by atoms with van der Waals surface area (Å²) >= 11 is 11.9. The topological polar surface area (TPSA) is 79.8 Å². The van der Waals surface area contributed by atoms with Crippen LogP contribution < -0.4 is 14.8 Å². The molecule has 3 aliphatic rings. The van der Waals surface area contributed by atoms with Crippen molar-refractivity contribution < 1.29 is 18.7 Å². The third kappa shape index (κ3) is 5.23. The normalized spacial score (nSPS) is 20.3. The van der Waals surface area contributed by atoms with Crippen molar-refractivity contribution in [2.75, 3.05) is 45.7 Å². The van der Waals surface area contributed by atoms with E-state index in [1.807, 2.05) is 30.0 Å². The summed E-state index contributed by atoms with van der Waals surface area (Å²) in [6, 6.07) is 6.64. The molecule has 38 heavy (non-hydrogen) atoms. The minimum atomic E-state index is -0.674. The Labute approximate surface area is 230 Å². The van der Waals surface area contributed by atoms with Crippen LogP contribution in [-0.2, 0) is 4.79 Å². The van der Waals surface area contributed by atoms with Gasteiger partial charge in [0.1, 0.15) is 24.9 Å². The van der Waals surface area contributed by atoms with E-state index in [9.17, 15) is 9.18 Å². The van der Waals surface area contributed by atoms with Gasteiger partial charge in [0.25, 0.3) is 0 Å². The van der Waals surface area contributed by atoms with Gasteiger partial charge in [0.2, 0.25) is 5.91 Å². The molecule has 0 unspecified atom stereocenters. The summed E-state index contributed by atoms with van der Waals surface area (Å²) in [5.41, 5.74) is 0.736. The molecule has 6 rings (SSSR count). The molecule has 1 N–H and O–H groups in total. The number of halogens is 3. The molecule has 3 fully saturated rings. The van der Waals surface area contributed by atoms with Gasteiger partial charge in [-0.3, -0.25) is 4.79 Å². The van der Waals surface area contributed by atoms with Crippen molar-refractivity contribution in [3.05, 3.63) is 59.1 Å². The molecule has 3 aromatic rings. The Morgan fingerprint density at radius 1 is 1.24 bits per heavy atom. The van der Waals surface area contributed by atoms with Crippen molar-refractivity contribution in [3.63, 3.8) is 0 Å². The zero-order valence-corrected chi connectivity index (χ0v) is 22.6. The molecule has 0 radical (unpaired) electrons. The number of nitrogens with zero attached hydrogens (tertiary/aromatic N) is 4. The van der Waals surface area contributed by atoms with Crippen LogP contribution in [0.5, 0.6) is 11.5 Å². The largest absolute Gasteiger partial charge is 0.488 e. The van der Waals surface area contributed by atoms with Gasteiger partial charge < -0.3 is 24.6 Å². The summed E-state index contributed by atoms with van der Waals surface area (Å²) in [7, 11) is 3.95. The van der Waals surface area contributed by atoms with Crippen LogP contribution in [0.4, 0.5) is 15.9 Å². The summed E-state index contributed by atoms with van der Waals surface area (Å²) in [5.74, 6) is 1.20. The van der Waals surface area contributed by atoms with E-state index in [2.05, 4.69) is 21.9 Å². The second-order valence-electron chi connectivity index (χ2n) is 9.82. The number of fused-ring (bicyclic) bond motifs is 3. The van der Waals surface area contributed by atoms with Crippen molar-refractivity contribution in [2.45, 2.75) is 12.5 Å². The second kappa shape index (κ2) is 10.9. The lowest BCUT2D eigenvalue weighted by Crippen LogP contribution is -2.61. The number of rotatable bonds is 9. The summed E-state index contributed by atoms with van der Waals surface area (Å²) in [6.45, 7) is 6.03. The van der Waals surface area contributed by atoms with E-state index in [-0.39, 0.29) is 39.6 Å². The molecule has 1 amide bonds. The molecule has 1 aliphatic carbocycles. The Bertz CT molecular complexity index is 1380. The van der Waals surface area contributed by atoms with E-state index in [1.165, 1.54) is 24.5 Å². The van der Waals surface area contributed by atoms with E-state index in [0.29, 0.717) is 47.9 Å². The molecular weight excluding hydrogens is 532 g/mol. The Morgan fingerprint density at radius 3 is 2.71 bits per heavy atom. The maximum atomic E-state index is 14.8. The molecule has 1 aromatic heterocycles. The number of amides is 1. The molecule has 3 heterocycles. The molecule has 11 heteroatoms. The average Bonchev–Trinajstić information content (AvgIpc) is 2.91. The molecule has 8 nitrogen and oxygen atoms in total. The highest BCUT2D eigenvalue weighted by Gasteiger charge is 2.49. The lowest BCUT2D eigenvalue weighted by molar-refractivity contribution is -0.142. The average molecular weight is 560 g/mol. The van der Waals surface area contributed by atoms with E-state index >= 15 is 0 Å². The predicted octanol–water partition coefficient (Wildman–Crippen LogP) is 5.17. The van der Waals surface area contributed by atoms with E-state index in [1.54, 1.807) is 6.07 Å². The first kappa shape index (κ1) is 26.5. The Morgan fingerprint density at radius 2 is 2.00 bits per heavy atom. The number of nitrogens with one attached hydrogen (secondary N) is 1. The van der Waals surface area contributed by atoms with Crippen LogP contribution in [0.15, 0.2) is 43.2 Å². The van der Waals surface area contributed by atoms with Gasteiger partial charge in [-0.25, -0.2) is 14.4 Å². The van der Waals surface area contributed by atoms with E-state index in [0.717, 1.165) is 13.0 Å². The van der Waals surface area contributed by atoms with E-state index < -0.39 is 5.82 Å². The van der Waals surface area contributed by atoms with Crippen LogP contribution in [0.2, 0.25) is 10.0 Å². The highest BCUT2D eigenvalue weighted by atomic mass is 35.5. The van der Waals surface area contributed by atoms with Crippen LogP contribution in [0.3, 0.4) is 0 Å². The number of benzene rings is 2. The van der Waals surface area contributed by atoms with Gasteiger partial charge in [0, 0.05) is 42.9 Å². The van der Waals surface area contributed by atoms with Crippen LogP contribution in [0.25, 0.3) is 10.9 Å². The molecule has 0 spiro atoms. The molecular formula is C27H28Cl2FN5O3. The lowest BCUT2D eigenvalue weighted by Gasteiger charge is -2.52. The predicted molar refractivity (Wildman–Crippen MR) is 146 cm³/mol. The summed E-state index contributed by atoms with van der Waals surface area (Å²) < 4.78 is 27.4. The molecule has 2 aliphatic heterocycles. The van der Waals surface area contributed by atoms with Gasteiger partial charge in [-0.2, -0.15) is 0 Å². The minimum absolute atomic E-state index is 0.0499. The van der Waals surface area contributed by atoms with Crippen molar-refractivity contribution in [1.29, 1.82) is 0 Å². The SMILES string of the molecule is C=CC(=O)N1C[C@H]2C[C@@H](C1)[C@H]2Oc1cc2c(Nc3ccc(Cl)c(Cl)c3F)ncnc2cc1OCCN(C)C. The third-order valence-electron chi connectivity index (χ3n) is 6.98. The van der Waals surface area contributed by atoms with Gasteiger partial charge in [0.05, 0.1) is 21.2 Å². The van der Waals surface area contributed by atoms with Gasteiger partial charge in [-0.15, -0.1) is 0 Å². The summed E-state index contributed by atoms with van der Waals surface area (Å²) in [6.07, 6.45) is 3.70. The molecule has 2 saturated heterocycles. The van der Waals surface area contributed by atoms with Crippen LogP contribution >= 0.6 is 23.2 Å². The first-order chi connectivity index (χ1) is 18.2. The number of aromatic nitrogens is 2. The fourth-order valence-electron chi connectivity index (χ4n) is 4.95. The Balaban J connectivity index is 1.46. The highest BCUT2D eigenvalue weighted by Crippen LogP contribution is 2.45. The lowest BCUT2D eigenvalue weighted by atomic mass is 9.68. The van der Waals surface area contributed by atoms with Crippen molar-refractivity contribution in [1.82, 2.24) is 19.8 Å². The van der Waals surface area contributed by atoms with Crippen LogP contribution in [0.1, 0.15) is 6.42 Å². The fraction of sp³-hybridized carbons (Fsp3) is 0.370. The zero-order chi connectivity index (χ0) is 27.0. The number of carbonyl (C=O) groups excluding carboxylic acids is 1. The van der Waals surface area contributed by atoms with Gasteiger partial charge in [0.15, 0.2) is 17.3 Å². The fourth-order valence-corrected chi connectivity index (χ4v) is 5.26. The molecule has 1 saturated carbocycles. The second-order valence-corrected chi connectivity index (χ2v) is 10.6. The minimum Gasteiger partial charge on any atom is -0.488 e. The van der Waals surface area contributed by atoms with Gasteiger partial charge in [-0.05, 0) is 44.8 Å². The monoisotopic (exact) mass is 559 g/mol. The smallest absolute Gasteiger partial charge is 0.245 e. The van der Waals surface area contributed by atoms with Gasteiger partial charge in [-0.1, -0.05) is 29.8 Å². The number of anilines is 2.